The molecule has 1 aliphatic heterocycles. The molecule has 0 bridgehead atoms. The van der Waals surface area contributed by atoms with E-state index in [-0.39, 0.29) is 17.0 Å². The third-order valence-corrected chi connectivity index (χ3v) is 6.03. The number of piperazine rings is 1. The van der Waals surface area contributed by atoms with Gasteiger partial charge < -0.3 is 24.4 Å². The fraction of sp³-hybridized carbons (Fsp3) is 0.412. The molecule has 1 saturated heterocycles. The van der Waals surface area contributed by atoms with E-state index in [4.69, 9.17) is 0 Å². The molecule has 2 fully saturated rings. The summed E-state index contributed by atoms with van der Waals surface area (Å²) in [5.41, 5.74) is -0.178. The number of carbonyl (C=O) groups is 1. The zero-order valence-corrected chi connectivity index (χ0v) is 15.3. The van der Waals surface area contributed by atoms with E-state index >= 15 is 0 Å². The van der Waals surface area contributed by atoms with Crippen LogP contribution in [0.5, 0.6) is 0 Å². The monoisotopic (exact) mass is 395 g/mol. The van der Waals surface area contributed by atoms with Gasteiger partial charge in [-0.05, 0) is 25.0 Å². The average molecular weight is 395 g/mol. The molecular formula is C17H19FN3O5P. The molecule has 1 aromatic carbocycles. The Labute approximate surface area is 155 Å². The number of pyridine rings is 1. The summed E-state index contributed by atoms with van der Waals surface area (Å²) in [5.74, 6) is -1.91. The topological polar surface area (TPSA) is 106 Å². The standard InChI is InChI=1S/C17H19FN3O5P/c18-13-7-11-14(8-15(13)19-3-5-20(6-4-19)27(25)26)21(10-1-2-10)9-12(16(11)22)17(23)24/h7-10,25-26H,1-6H2,(H,23,24). The third-order valence-electron chi connectivity index (χ3n) is 5.12. The molecule has 4 rings (SSSR count). The number of benzene rings is 1. The first-order valence-corrected chi connectivity index (χ1v) is 9.86. The average Bonchev–Trinajstić information content (AvgIpc) is 3.47. The lowest BCUT2D eigenvalue weighted by molar-refractivity contribution is 0.0695. The number of carboxylic acid groups (broad SMARTS) is 1. The van der Waals surface area contributed by atoms with Gasteiger partial charge in [-0.1, -0.05) is 0 Å². The van der Waals surface area contributed by atoms with Crippen LogP contribution in [-0.2, 0) is 0 Å². The van der Waals surface area contributed by atoms with Gasteiger partial charge in [-0.2, -0.15) is 0 Å². The number of halogens is 1. The first kappa shape index (κ1) is 18.3. The SMILES string of the molecule is O=C(O)c1cn(C2CC2)c2cc(N3CCN(P(O)O)CC3)c(F)cc2c1=O. The summed E-state index contributed by atoms with van der Waals surface area (Å²) in [6.45, 7) is 1.62. The quantitative estimate of drug-likeness (QED) is 0.674. The number of rotatable bonds is 4. The lowest BCUT2D eigenvalue weighted by Gasteiger charge is -2.36. The summed E-state index contributed by atoms with van der Waals surface area (Å²) in [6, 6.07) is 2.84. The van der Waals surface area contributed by atoms with Gasteiger partial charge in [0.05, 0.1) is 11.2 Å². The second-order valence-corrected chi connectivity index (χ2v) is 7.95. The van der Waals surface area contributed by atoms with Crippen molar-refractivity contribution in [1.29, 1.82) is 0 Å². The lowest BCUT2D eigenvalue weighted by atomic mass is 10.1. The Hall–Kier alpha value is -2.06. The Morgan fingerprint density at radius 3 is 2.37 bits per heavy atom. The molecule has 1 aromatic heterocycles. The first-order valence-electron chi connectivity index (χ1n) is 8.66. The molecule has 27 heavy (non-hydrogen) atoms. The minimum absolute atomic E-state index is 0.0657. The normalized spacial score (nSPS) is 18.4. The van der Waals surface area contributed by atoms with Crippen LogP contribution in [-0.4, -0.2) is 56.3 Å². The summed E-state index contributed by atoms with van der Waals surface area (Å²) in [6.07, 6.45) is 3.13. The zero-order valence-electron chi connectivity index (χ0n) is 14.4. The second-order valence-electron chi connectivity index (χ2n) is 6.85. The highest BCUT2D eigenvalue weighted by Gasteiger charge is 2.29. The van der Waals surface area contributed by atoms with Gasteiger partial charge in [-0.3, -0.25) is 4.79 Å². The number of aromatic carboxylic acids is 1. The van der Waals surface area contributed by atoms with Gasteiger partial charge in [0.25, 0.3) is 8.53 Å². The molecule has 144 valence electrons. The van der Waals surface area contributed by atoms with Crippen LogP contribution in [0.25, 0.3) is 10.9 Å². The lowest BCUT2D eigenvalue weighted by Crippen LogP contribution is -2.44. The first-order chi connectivity index (χ1) is 12.9. The van der Waals surface area contributed by atoms with Crippen molar-refractivity contribution in [2.24, 2.45) is 0 Å². The molecule has 10 heteroatoms. The summed E-state index contributed by atoms with van der Waals surface area (Å²) < 4.78 is 18.1. The summed E-state index contributed by atoms with van der Waals surface area (Å²) in [4.78, 5) is 44.3. The van der Waals surface area contributed by atoms with Crippen molar-refractivity contribution in [2.75, 3.05) is 31.1 Å². The van der Waals surface area contributed by atoms with Crippen molar-refractivity contribution < 1.29 is 24.1 Å². The van der Waals surface area contributed by atoms with Crippen LogP contribution in [0.4, 0.5) is 10.1 Å². The van der Waals surface area contributed by atoms with Crippen molar-refractivity contribution in [1.82, 2.24) is 9.24 Å². The Bertz CT molecular complexity index is 967. The Kier molecular flexibility index (Phi) is 4.63. The molecule has 0 unspecified atom stereocenters. The molecule has 0 radical (unpaired) electrons. The van der Waals surface area contributed by atoms with E-state index in [1.54, 1.807) is 15.5 Å². The predicted octanol–water partition coefficient (Wildman–Crippen LogP) is 1.51. The van der Waals surface area contributed by atoms with Gasteiger partial charge >= 0.3 is 5.97 Å². The second kappa shape index (κ2) is 6.83. The van der Waals surface area contributed by atoms with Gasteiger partial charge in [0.15, 0.2) is 0 Å². The predicted molar refractivity (Wildman–Crippen MR) is 98.5 cm³/mol. The van der Waals surface area contributed by atoms with Crippen LogP contribution in [0, 0.1) is 5.82 Å². The Balaban J connectivity index is 1.79. The summed E-state index contributed by atoms with van der Waals surface area (Å²) in [5, 5.41) is 9.36. The van der Waals surface area contributed by atoms with E-state index in [2.05, 4.69) is 0 Å². The highest BCUT2D eigenvalue weighted by Crippen LogP contribution is 2.38. The largest absolute Gasteiger partial charge is 0.477 e. The molecule has 2 aromatic rings. The molecule has 8 nitrogen and oxygen atoms in total. The number of carboxylic acids is 1. The molecule has 3 N–H and O–H groups in total. The van der Waals surface area contributed by atoms with E-state index in [1.807, 2.05) is 0 Å². The van der Waals surface area contributed by atoms with Gasteiger partial charge in [0, 0.05) is 43.8 Å². The van der Waals surface area contributed by atoms with Crippen molar-refractivity contribution in [3.05, 3.63) is 39.9 Å². The van der Waals surface area contributed by atoms with Crippen LogP contribution >= 0.6 is 8.53 Å². The molecule has 1 saturated carbocycles. The smallest absolute Gasteiger partial charge is 0.341 e. The van der Waals surface area contributed by atoms with Crippen LogP contribution in [0.2, 0.25) is 0 Å². The van der Waals surface area contributed by atoms with E-state index in [9.17, 15) is 28.9 Å². The van der Waals surface area contributed by atoms with Gasteiger partial charge in [0.2, 0.25) is 5.43 Å². The minimum atomic E-state index is -2.15. The fourth-order valence-electron chi connectivity index (χ4n) is 3.52. The van der Waals surface area contributed by atoms with Gasteiger partial charge in [-0.25, -0.2) is 13.9 Å². The highest BCUT2D eigenvalue weighted by molar-refractivity contribution is 7.42. The zero-order chi connectivity index (χ0) is 19.3. The summed E-state index contributed by atoms with van der Waals surface area (Å²) in [7, 11) is -2.15. The molecule has 2 heterocycles. The Morgan fingerprint density at radius 1 is 1.15 bits per heavy atom. The van der Waals surface area contributed by atoms with Crippen LogP contribution in [0.1, 0.15) is 29.2 Å². The van der Waals surface area contributed by atoms with Crippen LogP contribution < -0.4 is 10.3 Å². The van der Waals surface area contributed by atoms with E-state index in [1.165, 1.54) is 10.9 Å². The number of hydrogen-bond acceptors (Lipinski definition) is 6. The maximum atomic E-state index is 14.8. The third kappa shape index (κ3) is 3.32. The van der Waals surface area contributed by atoms with E-state index in [0.717, 1.165) is 18.9 Å². The Morgan fingerprint density at radius 2 is 1.81 bits per heavy atom. The molecule has 2 aliphatic rings. The molecule has 0 spiro atoms. The number of anilines is 1. The maximum absolute atomic E-state index is 14.8. The molecule has 1 aliphatic carbocycles. The fourth-order valence-corrected chi connectivity index (χ4v) is 4.06. The van der Waals surface area contributed by atoms with E-state index < -0.39 is 25.7 Å². The number of fused-ring (bicyclic) bond motifs is 1. The number of aromatic nitrogens is 1. The van der Waals surface area contributed by atoms with Crippen LogP contribution in [0.3, 0.4) is 0 Å². The van der Waals surface area contributed by atoms with Crippen molar-refractivity contribution in [3.63, 3.8) is 0 Å². The van der Waals surface area contributed by atoms with Crippen LogP contribution in [0.15, 0.2) is 23.1 Å². The van der Waals surface area contributed by atoms with Crippen molar-refractivity contribution >= 4 is 31.1 Å². The van der Waals surface area contributed by atoms with Gasteiger partial charge in [0.1, 0.15) is 11.4 Å². The van der Waals surface area contributed by atoms with Gasteiger partial charge in [-0.15, -0.1) is 0 Å². The minimum Gasteiger partial charge on any atom is -0.477 e. The van der Waals surface area contributed by atoms with Crippen molar-refractivity contribution in [3.8, 4) is 0 Å². The summed E-state index contributed by atoms with van der Waals surface area (Å²) >= 11 is 0. The molecule has 0 amide bonds. The molecule has 0 atom stereocenters. The number of nitrogens with zero attached hydrogens (tertiary/aromatic N) is 3. The number of hydrogen-bond donors (Lipinski definition) is 3. The van der Waals surface area contributed by atoms with Crippen molar-refractivity contribution in [2.45, 2.75) is 18.9 Å². The van der Waals surface area contributed by atoms with E-state index in [0.29, 0.717) is 37.4 Å². The maximum Gasteiger partial charge on any atom is 0.341 e. The molecular weight excluding hydrogens is 376 g/mol. The highest BCUT2D eigenvalue weighted by atomic mass is 31.2.